The number of ether oxygens (including phenoxy) is 1. The molecule has 0 radical (unpaired) electrons. The molecule has 0 bridgehead atoms. The lowest BCUT2D eigenvalue weighted by molar-refractivity contribution is -0.122. The Balaban J connectivity index is 2.41. The van der Waals surface area contributed by atoms with Crippen molar-refractivity contribution in [1.82, 2.24) is 5.32 Å². The Morgan fingerprint density at radius 3 is 2.28 bits per heavy atom. The quantitative estimate of drug-likeness (QED) is 0.584. The van der Waals surface area contributed by atoms with Crippen LogP contribution in [0.5, 0.6) is 5.75 Å². The molecule has 0 unspecified atom stereocenters. The Morgan fingerprint density at radius 2 is 1.78 bits per heavy atom. The molecule has 0 spiro atoms. The number of nitrogens with one attached hydrogen (secondary N) is 1. The lowest BCUT2D eigenvalue weighted by Crippen LogP contribution is -2.50. The fourth-order valence-corrected chi connectivity index (χ4v) is 5.08. The van der Waals surface area contributed by atoms with Crippen molar-refractivity contribution in [2.45, 2.75) is 59.0 Å². The molecular formula is C24H33FN2O4S. The summed E-state index contributed by atoms with van der Waals surface area (Å²) in [6.07, 6.45) is 1.15. The molecule has 8 heteroatoms. The number of halogens is 1. The average Bonchev–Trinajstić information content (AvgIpc) is 2.71. The van der Waals surface area contributed by atoms with Gasteiger partial charge >= 0.3 is 0 Å². The summed E-state index contributed by atoms with van der Waals surface area (Å²) in [5, 5.41) is 2.93. The number of amides is 1. The summed E-state index contributed by atoms with van der Waals surface area (Å²) in [7, 11) is -2.29. The van der Waals surface area contributed by atoms with Gasteiger partial charge in [-0.2, -0.15) is 0 Å². The number of aryl methyl sites for hydroxylation is 1. The van der Waals surface area contributed by atoms with Crippen LogP contribution in [0.15, 0.2) is 36.4 Å². The van der Waals surface area contributed by atoms with Gasteiger partial charge in [-0.15, -0.1) is 0 Å². The minimum atomic E-state index is -3.92. The second kappa shape index (κ2) is 10.3. The molecule has 0 aliphatic heterocycles. The van der Waals surface area contributed by atoms with Gasteiger partial charge in [0.05, 0.1) is 25.1 Å². The lowest BCUT2D eigenvalue weighted by Gasteiger charge is -2.31. The first-order valence-electron chi connectivity index (χ1n) is 10.6. The third-order valence-corrected chi connectivity index (χ3v) is 6.65. The zero-order valence-corrected chi connectivity index (χ0v) is 20.6. The van der Waals surface area contributed by atoms with Gasteiger partial charge in [-0.05, 0) is 67.1 Å². The molecule has 2 rings (SSSR count). The minimum Gasteiger partial charge on any atom is -0.496 e. The maximum Gasteiger partial charge on any atom is 0.244 e. The molecule has 6 nitrogen and oxygen atoms in total. The first-order chi connectivity index (χ1) is 14.9. The number of sulfonamides is 1. The molecule has 0 fully saturated rings. The Morgan fingerprint density at radius 1 is 1.16 bits per heavy atom. The topological polar surface area (TPSA) is 75.7 Å². The van der Waals surface area contributed by atoms with Crippen LogP contribution in [0.2, 0.25) is 0 Å². The van der Waals surface area contributed by atoms with Gasteiger partial charge in [0.25, 0.3) is 0 Å². The van der Waals surface area contributed by atoms with E-state index in [1.807, 2.05) is 26.0 Å². The van der Waals surface area contributed by atoms with Crippen LogP contribution in [0.1, 0.15) is 62.8 Å². The maximum absolute atomic E-state index is 14.5. The van der Waals surface area contributed by atoms with Crippen molar-refractivity contribution in [2.24, 2.45) is 0 Å². The van der Waals surface area contributed by atoms with Gasteiger partial charge in [-0.3, -0.25) is 9.10 Å². The largest absolute Gasteiger partial charge is 0.496 e. The van der Waals surface area contributed by atoms with Gasteiger partial charge in [-0.25, -0.2) is 12.8 Å². The van der Waals surface area contributed by atoms with E-state index in [9.17, 15) is 17.6 Å². The highest BCUT2D eigenvalue weighted by Crippen LogP contribution is 2.32. The first-order valence-corrected chi connectivity index (χ1v) is 12.5. The molecule has 0 aliphatic rings. The van der Waals surface area contributed by atoms with E-state index in [0.717, 1.165) is 33.0 Å². The maximum atomic E-state index is 14.5. The van der Waals surface area contributed by atoms with Gasteiger partial charge < -0.3 is 10.1 Å². The molecule has 0 aromatic heterocycles. The number of methoxy groups -OCH3 is 1. The number of nitrogens with zero attached hydrogens (tertiary/aromatic N) is 1. The number of benzene rings is 2. The second-order valence-electron chi connectivity index (χ2n) is 8.27. The molecular weight excluding hydrogens is 431 g/mol. The van der Waals surface area contributed by atoms with Crippen LogP contribution in [0.4, 0.5) is 10.1 Å². The molecule has 176 valence electrons. The fraction of sp³-hybridized carbons (Fsp3) is 0.458. The summed E-state index contributed by atoms with van der Waals surface area (Å²) in [6, 6.07) is 8.02. The van der Waals surface area contributed by atoms with Crippen molar-refractivity contribution >= 4 is 21.6 Å². The van der Waals surface area contributed by atoms with Gasteiger partial charge in [0, 0.05) is 0 Å². The highest BCUT2D eigenvalue weighted by molar-refractivity contribution is 7.92. The van der Waals surface area contributed by atoms with Crippen molar-refractivity contribution in [3.05, 3.63) is 58.9 Å². The summed E-state index contributed by atoms with van der Waals surface area (Å²) >= 11 is 0. The molecule has 0 saturated heterocycles. The zero-order chi connectivity index (χ0) is 24.2. The number of hydrogen-bond donors (Lipinski definition) is 1. The highest BCUT2D eigenvalue weighted by atomic mass is 32.2. The van der Waals surface area contributed by atoms with E-state index >= 15 is 0 Å². The number of carbonyl (C=O) groups excluding carboxylic acids is 1. The summed E-state index contributed by atoms with van der Waals surface area (Å²) in [5.74, 6) is -0.189. The van der Waals surface area contributed by atoms with E-state index in [4.69, 9.17) is 4.74 Å². The predicted octanol–water partition coefficient (Wildman–Crippen LogP) is 4.69. The zero-order valence-electron chi connectivity index (χ0n) is 19.8. The molecule has 1 N–H and O–H groups in total. The van der Waals surface area contributed by atoms with E-state index in [1.54, 1.807) is 14.0 Å². The SMILES string of the molecule is CC[C@H](C(=O)N[C@H](C)c1cc(C(C)C)c(OC)cc1C)N(c1ccccc1F)S(C)(=O)=O. The first kappa shape index (κ1) is 25.6. The molecule has 2 atom stereocenters. The van der Waals surface area contributed by atoms with Gasteiger partial charge in [0.15, 0.2) is 0 Å². The minimum absolute atomic E-state index is 0.146. The van der Waals surface area contributed by atoms with Crippen molar-refractivity contribution in [3.63, 3.8) is 0 Å². The summed E-state index contributed by atoms with van der Waals surface area (Å²) < 4.78 is 45.9. The molecule has 0 aliphatic carbocycles. The van der Waals surface area contributed by atoms with E-state index in [2.05, 4.69) is 19.2 Å². The number of rotatable bonds is 9. The van der Waals surface area contributed by atoms with Crippen LogP contribution >= 0.6 is 0 Å². The third kappa shape index (κ3) is 5.59. The van der Waals surface area contributed by atoms with Crippen molar-refractivity contribution < 1.29 is 22.3 Å². The van der Waals surface area contributed by atoms with Gasteiger partial charge in [0.2, 0.25) is 15.9 Å². The summed E-state index contributed by atoms with van der Waals surface area (Å²) in [5.41, 5.74) is 2.73. The van der Waals surface area contributed by atoms with Crippen molar-refractivity contribution in [2.75, 3.05) is 17.7 Å². The molecule has 32 heavy (non-hydrogen) atoms. The van der Waals surface area contributed by atoms with Crippen LogP contribution in [0.25, 0.3) is 0 Å². The third-order valence-electron chi connectivity index (χ3n) is 5.49. The molecule has 1 amide bonds. The normalized spacial score (nSPS) is 13.5. The van der Waals surface area contributed by atoms with Crippen LogP contribution in [-0.4, -0.2) is 33.7 Å². The molecule has 0 heterocycles. The number of anilines is 1. The fourth-order valence-electron chi connectivity index (χ4n) is 3.86. The van der Waals surface area contributed by atoms with E-state index in [0.29, 0.717) is 0 Å². The second-order valence-corrected chi connectivity index (χ2v) is 10.1. The Labute approximate surface area is 190 Å². The lowest BCUT2D eigenvalue weighted by atomic mass is 9.93. The van der Waals surface area contributed by atoms with E-state index in [-0.39, 0.29) is 24.1 Å². The summed E-state index contributed by atoms with van der Waals surface area (Å²) in [4.78, 5) is 13.2. The van der Waals surface area contributed by atoms with Crippen LogP contribution in [0, 0.1) is 12.7 Å². The number of para-hydroxylation sites is 1. The van der Waals surface area contributed by atoms with Crippen LogP contribution < -0.4 is 14.4 Å². The van der Waals surface area contributed by atoms with Gasteiger partial charge in [-0.1, -0.05) is 32.9 Å². The van der Waals surface area contributed by atoms with E-state index < -0.39 is 27.8 Å². The van der Waals surface area contributed by atoms with Gasteiger partial charge in [0.1, 0.15) is 17.6 Å². The summed E-state index contributed by atoms with van der Waals surface area (Å²) in [6.45, 7) is 9.60. The predicted molar refractivity (Wildman–Crippen MR) is 126 cm³/mol. The smallest absolute Gasteiger partial charge is 0.244 e. The Hall–Kier alpha value is -2.61. The number of carbonyl (C=O) groups is 1. The molecule has 2 aromatic carbocycles. The van der Waals surface area contributed by atoms with Crippen LogP contribution in [0.3, 0.4) is 0 Å². The van der Waals surface area contributed by atoms with Crippen molar-refractivity contribution in [1.29, 1.82) is 0 Å². The molecule has 2 aromatic rings. The Bertz CT molecular complexity index is 1070. The van der Waals surface area contributed by atoms with Crippen molar-refractivity contribution in [3.8, 4) is 5.75 Å². The highest BCUT2D eigenvalue weighted by Gasteiger charge is 2.33. The van der Waals surface area contributed by atoms with E-state index in [1.165, 1.54) is 24.3 Å². The number of hydrogen-bond acceptors (Lipinski definition) is 4. The monoisotopic (exact) mass is 464 g/mol. The molecule has 0 saturated carbocycles. The average molecular weight is 465 g/mol. The standard InChI is InChI=1S/C24H33FN2O4S/c1-8-21(27(32(7,29)30)22-12-10-9-11-20(22)25)24(28)26-17(5)19-14-18(15(2)3)23(31-6)13-16(19)4/h9-15,17,21H,8H2,1-7H3,(H,26,28)/t17-,21-/m1/s1. The Kier molecular flexibility index (Phi) is 8.29. The van der Waals surface area contributed by atoms with Crippen LogP contribution in [-0.2, 0) is 14.8 Å².